The summed E-state index contributed by atoms with van der Waals surface area (Å²) in [7, 11) is 0. The van der Waals surface area contributed by atoms with Crippen LogP contribution in [-0.2, 0) is 9.59 Å². The van der Waals surface area contributed by atoms with Gasteiger partial charge in [-0.1, -0.05) is 42.1 Å². The summed E-state index contributed by atoms with van der Waals surface area (Å²) in [5, 5.41) is 13.7. The highest BCUT2D eigenvalue weighted by Crippen LogP contribution is 2.34. The fraction of sp³-hybridized carbons (Fsp3) is 0.192. The van der Waals surface area contributed by atoms with E-state index in [0.29, 0.717) is 34.6 Å². The van der Waals surface area contributed by atoms with Crippen LogP contribution < -0.4 is 10.1 Å². The van der Waals surface area contributed by atoms with E-state index in [1.807, 2.05) is 37.3 Å². The Kier molecular flexibility index (Phi) is 7.65. The Morgan fingerprint density at radius 1 is 1.11 bits per heavy atom. The van der Waals surface area contributed by atoms with Gasteiger partial charge in [-0.05, 0) is 43.7 Å². The van der Waals surface area contributed by atoms with Crippen LogP contribution in [0.1, 0.15) is 18.9 Å². The quantitative estimate of drug-likeness (QED) is 0.312. The Bertz CT molecular complexity index is 1330. The average molecular weight is 505 g/mol. The lowest BCUT2D eigenvalue weighted by Gasteiger charge is -2.14. The van der Waals surface area contributed by atoms with Gasteiger partial charge in [-0.3, -0.25) is 24.6 Å². The predicted molar refractivity (Wildman–Crippen MR) is 140 cm³/mol. The number of carbonyl (C=O) groups excluding carboxylic acids is 2. The number of amides is 2. The van der Waals surface area contributed by atoms with Crippen molar-refractivity contribution in [2.75, 3.05) is 11.9 Å². The molecule has 2 amide bonds. The predicted octanol–water partition coefficient (Wildman–Crippen LogP) is 5.68. The molecule has 0 aromatic heterocycles. The first-order chi connectivity index (χ1) is 17.3. The number of benzene rings is 3. The normalized spacial score (nSPS) is 16.3. The van der Waals surface area contributed by atoms with Crippen molar-refractivity contribution in [3.8, 4) is 11.5 Å². The third-order valence-corrected chi connectivity index (χ3v) is 6.60. The van der Waals surface area contributed by atoms with Crippen LogP contribution in [0.3, 0.4) is 0 Å². The number of rotatable bonds is 8. The number of carbonyl (C=O) groups is 2. The lowest BCUT2D eigenvalue weighted by atomic mass is 10.2. The molecule has 1 heterocycles. The number of non-ortho nitro benzene ring substituents is 1. The molecule has 0 radical (unpaired) electrons. The number of nitrogens with zero attached hydrogens (tertiary/aromatic N) is 3. The molecule has 184 valence electrons. The zero-order valence-corrected chi connectivity index (χ0v) is 20.5. The van der Waals surface area contributed by atoms with Crippen LogP contribution in [-0.4, -0.2) is 38.6 Å². The molecule has 1 N–H and O–H groups in total. The summed E-state index contributed by atoms with van der Waals surface area (Å²) < 4.78 is 5.81. The van der Waals surface area contributed by atoms with Crippen LogP contribution in [0.2, 0.25) is 0 Å². The maximum atomic E-state index is 13.0. The third-order valence-electron chi connectivity index (χ3n) is 5.42. The first kappa shape index (κ1) is 24.9. The first-order valence-corrected chi connectivity index (χ1v) is 12.2. The number of nitro benzene ring substituents is 1. The van der Waals surface area contributed by atoms with Gasteiger partial charge >= 0.3 is 0 Å². The van der Waals surface area contributed by atoms with Crippen LogP contribution >= 0.6 is 11.8 Å². The zero-order valence-electron chi connectivity index (χ0n) is 19.7. The van der Waals surface area contributed by atoms with E-state index >= 15 is 0 Å². The van der Waals surface area contributed by atoms with Crippen molar-refractivity contribution in [1.82, 2.24) is 4.90 Å². The summed E-state index contributed by atoms with van der Waals surface area (Å²) in [4.78, 5) is 42.4. The second-order valence-corrected chi connectivity index (χ2v) is 9.18. The van der Waals surface area contributed by atoms with Crippen molar-refractivity contribution in [3.05, 3.63) is 88.5 Å². The van der Waals surface area contributed by atoms with E-state index in [2.05, 4.69) is 10.3 Å². The SMILES string of the molecule is CCN1C(=O)C(CC(=O)Nc2cccc(Oc3ccccc3)c2)SC1=Nc1cc([N+](=O)[O-])ccc1C. The molecule has 0 aliphatic carbocycles. The van der Waals surface area contributed by atoms with Gasteiger partial charge in [0.1, 0.15) is 16.7 Å². The Labute approximate surface area is 212 Å². The van der Waals surface area contributed by atoms with E-state index in [1.165, 1.54) is 28.8 Å². The molecule has 3 aromatic carbocycles. The number of hydrogen-bond donors (Lipinski definition) is 1. The number of nitrogens with one attached hydrogen (secondary N) is 1. The first-order valence-electron chi connectivity index (χ1n) is 11.3. The number of ether oxygens (including phenoxy) is 1. The van der Waals surface area contributed by atoms with E-state index in [4.69, 9.17) is 4.74 Å². The molecule has 9 nitrogen and oxygen atoms in total. The number of amidine groups is 1. The highest BCUT2D eigenvalue weighted by atomic mass is 32.2. The maximum Gasteiger partial charge on any atom is 0.271 e. The smallest absolute Gasteiger partial charge is 0.271 e. The summed E-state index contributed by atoms with van der Waals surface area (Å²) in [6, 6.07) is 20.7. The fourth-order valence-electron chi connectivity index (χ4n) is 3.59. The minimum atomic E-state index is -0.647. The van der Waals surface area contributed by atoms with Gasteiger partial charge in [-0.25, -0.2) is 4.99 Å². The van der Waals surface area contributed by atoms with E-state index in [-0.39, 0.29) is 23.9 Å². The van der Waals surface area contributed by atoms with Gasteiger partial charge in [0.25, 0.3) is 5.69 Å². The molecule has 0 bridgehead atoms. The van der Waals surface area contributed by atoms with Gasteiger partial charge in [0, 0.05) is 36.9 Å². The molecule has 1 saturated heterocycles. The molecular weight excluding hydrogens is 480 g/mol. The second-order valence-electron chi connectivity index (χ2n) is 8.01. The van der Waals surface area contributed by atoms with Crippen molar-refractivity contribution < 1.29 is 19.2 Å². The summed E-state index contributed by atoms with van der Waals surface area (Å²) in [6.07, 6.45) is -0.0449. The van der Waals surface area contributed by atoms with Gasteiger partial charge in [-0.2, -0.15) is 0 Å². The summed E-state index contributed by atoms with van der Waals surface area (Å²) in [5.74, 6) is 0.714. The molecule has 0 spiro atoms. The molecular formula is C26H24N4O5S. The standard InChI is InChI=1S/C26H24N4O5S/c1-3-29-25(32)23(36-26(29)28-22-15-19(30(33)34)13-12-17(22)2)16-24(31)27-18-8-7-11-21(14-18)35-20-9-5-4-6-10-20/h4-15,23H,3,16H2,1-2H3,(H,27,31). The minimum Gasteiger partial charge on any atom is -0.457 e. The molecule has 3 aromatic rings. The topological polar surface area (TPSA) is 114 Å². The largest absolute Gasteiger partial charge is 0.457 e. The minimum absolute atomic E-state index is 0.0449. The Hall–Kier alpha value is -4.18. The van der Waals surface area contributed by atoms with E-state index in [1.54, 1.807) is 37.3 Å². The van der Waals surface area contributed by atoms with Crippen molar-refractivity contribution >= 4 is 45.8 Å². The van der Waals surface area contributed by atoms with Crippen molar-refractivity contribution in [2.24, 2.45) is 4.99 Å². The molecule has 1 atom stereocenters. The molecule has 36 heavy (non-hydrogen) atoms. The molecule has 1 unspecified atom stereocenters. The lowest BCUT2D eigenvalue weighted by molar-refractivity contribution is -0.384. The van der Waals surface area contributed by atoms with Crippen molar-refractivity contribution in [1.29, 1.82) is 0 Å². The Morgan fingerprint density at radius 3 is 2.58 bits per heavy atom. The van der Waals surface area contributed by atoms with Gasteiger partial charge in [0.15, 0.2) is 5.17 Å². The van der Waals surface area contributed by atoms with E-state index in [0.717, 1.165) is 5.56 Å². The van der Waals surface area contributed by atoms with Gasteiger partial charge in [0.2, 0.25) is 11.8 Å². The second kappa shape index (κ2) is 11.0. The van der Waals surface area contributed by atoms with Crippen molar-refractivity contribution in [3.63, 3.8) is 0 Å². The lowest BCUT2D eigenvalue weighted by Crippen LogP contribution is -2.33. The number of hydrogen-bond acceptors (Lipinski definition) is 7. The summed E-state index contributed by atoms with van der Waals surface area (Å²) >= 11 is 1.18. The fourth-order valence-corrected chi connectivity index (χ4v) is 4.81. The highest BCUT2D eigenvalue weighted by molar-refractivity contribution is 8.15. The van der Waals surface area contributed by atoms with Gasteiger partial charge in [0.05, 0.1) is 10.6 Å². The number of aryl methyl sites for hydroxylation is 1. The third kappa shape index (κ3) is 5.89. The number of thioether (sulfide) groups is 1. The monoisotopic (exact) mass is 504 g/mol. The van der Waals surface area contributed by atoms with Crippen LogP contribution in [0.4, 0.5) is 17.1 Å². The zero-order chi connectivity index (χ0) is 25.7. The Balaban J connectivity index is 1.45. The highest BCUT2D eigenvalue weighted by Gasteiger charge is 2.38. The van der Waals surface area contributed by atoms with Crippen LogP contribution in [0, 0.1) is 17.0 Å². The number of aliphatic imine (C=N–C) groups is 1. The average Bonchev–Trinajstić information content (AvgIpc) is 3.14. The maximum absolute atomic E-state index is 13.0. The van der Waals surface area contributed by atoms with Gasteiger partial charge in [-0.15, -0.1) is 0 Å². The number of para-hydroxylation sites is 1. The van der Waals surface area contributed by atoms with Crippen molar-refractivity contribution in [2.45, 2.75) is 25.5 Å². The molecule has 10 heteroatoms. The molecule has 1 aliphatic rings. The molecule has 4 rings (SSSR count). The number of anilines is 1. The van der Waals surface area contributed by atoms with Crippen LogP contribution in [0.15, 0.2) is 77.8 Å². The summed E-state index contributed by atoms with van der Waals surface area (Å²) in [6.45, 7) is 3.98. The van der Waals surface area contributed by atoms with Crippen LogP contribution in [0.25, 0.3) is 0 Å². The number of nitro groups is 1. The molecule has 0 saturated carbocycles. The summed E-state index contributed by atoms with van der Waals surface area (Å²) in [5.41, 5.74) is 1.64. The van der Waals surface area contributed by atoms with E-state index < -0.39 is 10.2 Å². The van der Waals surface area contributed by atoms with E-state index in [9.17, 15) is 19.7 Å². The molecule has 1 aliphatic heterocycles. The van der Waals surface area contributed by atoms with Gasteiger partial charge < -0.3 is 10.1 Å². The Morgan fingerprint density at radius 2 is 1.86 bits per heavy atom. The van der Waals surface area contributed by atoms with Crippen LogP contribution in [0.5, 0.6) is 11.5 Å². The molecule has 1 fully saturated rings.